The van der Waals surface area contributed by atoms with Crippen molar-refractivity contribution < 1.29 is 14.3 Å². The number of phenols is 1. The topological polar surface area (TPSA) is 105 Å². The van der Waals surface area contributed by atoms with Crippen LogP contribution < -0.4 is 15.4 Å². The van der Waals surface area contributed by atoms with Gasteiger partial charge in [0, 0.05) is 22.7 Å². The summed E-state index contributed by atoms with van der Waals surface area (Å²) in [4.78, 5) is 4.22. The first-order valence-electron chi connectivity index (χ1n) is 10.3. The van der Waals surface area contributed by atoms with E-state index in [1.54, 1.807) is 25.4 Å². The fourth-order valence-electron chi connectivity index (χ4n) is 4.57. The lowest BCUT2D eigenvalue weighted by Gasteiger charge is -2.46. The number of benzene rings is 1. The second kappa shape index (κ2) is 7.80. The number of methoxy groups -OCH3 is 1. The minimum atomic E-state index is 0.0303. The summed E-state index contributed by atoms with van der Waals surface area (Å²) in [6.07, 6.45) is 3.59. The lowest BCUT2D eigenvalue weighted by atomic mass is 9.80. The van der Waals surface area contributed by atoms with E-state index in [0.29, 0.717) is 33.5 Å². The molecule has 9 heteroatoms. The van der Waals surface area contributed by atoms with Gasteiger partial charge in [-0.25, -0.2) is 4.98 Å². The molecular formula is C22H29N5O3S. The van der Waals surface area contributed by atoms with E-state index in [4.69, 9.17) is 9.15 Å². The summed E-state index contributed by atoms with van der Waals surface area (Å²) in [5.74, 6) is 1.64. The van der Waals surface area contributed by atoms with E-state index in [2.05, 4.69) is 53.5 Å². The summed E-state index contributed by atoms with van der Waals surface area (Å²) in [6.45, 7) is 10.7. The van der Waals surface area contributed by atoms with E-state index in [1.165, 1.54) is 11.3 Å². The summed E-state index contributed by atoms with van der Waals surface area (Å²) in [7, 11) is 1.56. The standard InChI is InChI=1S/C22H29N5O3S/c1-12-11-23-18(30-12)13-7-15(28)17(16(8-13)29-6)19-25-26-20(31-19)24-14-9-21(2,3)27-22(4,5)10-14/h7-8,11,14,27-28H,9-10H2,1-6H3,(H,24,26). The molecule has 3 N–H and O–H groups in total. The first-order valence-corrected chi connectivity index (χ1v) is 11.1. The largest absolute Gasteiger partial charge is 0.507 e. The molecule has 0 bridgehead atoms. The molecule has 8 nitrogen and oxygen atoms in total. The summed E-state index contributed by atoms with van der Waals surface area (Å²) >= 11 is 1.40. The van der Waals surface area contributed by atoms with Gasteiger partial charge in [0.15, 0.2) is 5.01 Å². The lowest BCUT2D eigenvalue weighted by molar-refractivity contribution is 0.170. The highest BCUT2D eigenvalue weighted by molar-refractivity contribution is 7.18. The Morgan fingerprint density at radius 1 is 1.19 bits per heavy atom. The van der Waals surface area contributed by atoms with Gasteiger partial charge < -0.3 is 24.9 Å². The highest BCUT2D eigenvalue weighted by Gasteiger charge is 2.38. The molecule has 0 saturated carbocycles. The fourth-order valence-corrected chi connectivity index (χ4v) is 5.45. The van der Waals surface area contributed by atoms with E-state index < -0.39 is 0 Å². The predicted molar refractivity (Wildman–Crippen MR) is 122 cm³/mol. The van der Waals surface area contributed by atoms with Crippen LogP contribution in [0, 0.1) is 6.92 Å². The number of oxazole rings is 1. The number of hydrogen-bond acceptors (Lipinski definition) is 9. The molecule has 1 aliphatic rings. The van der Waals surface area contributed by atoms with E-state index in [-0.39, 0.29) is 22.9 Å². The number of rotatable bonds is 5. The van der Waals surface area contributed by atoms with Crippen LogP contribution in [0.15, 0.2) is 22.7 Å². The van der Waals surface area contributed by atoms with E-state index >= 15 is 0 Å². The third kappa shape index (κ3) is 4.67. The van der Waals surface area contributed by atoms with Gasteiger partial charge >= 0.3 is 0 Å². The second-order valence-corrected chi connectivity index (χ2v) is 10.4. The van der Waals surface area contributed by atoms with Crippen LogP contribution >= 0.6 is 11.3 Å². The molecule has 0 radical (unpaired) electrons. The SMILES string of the molecule is COc1cc(-c2ncc(C)o2)cc(O)c1-c1nnc(NC2CC(C)(C)NC(C)(C)C2)s1. The Morgan fingerprint density at radius 3 is 2.52 bits per heavy atom. The monoisotopic (exact) mass is 443 g/mol. The van der Waals surface area contributed by atoms with Crippen molar-refractivity contribution >= 4 is 16.5 Å². The Labute approximate surface area is 186 Å². The van der Waals surface area contributed by atoms with Crippen LogP contribution in [-0.2, 0) is 0 Å². The van der Waals surface area contributed by atoms with Crippen LogP contribution in [0.5, 0.6) is 11.5 Å². The summed E-state index contributed by atoms with van der Waals surface area (Å²) < 4.78 is 11.1. The summed E-state index contributed by atoms with van der Waals surface area (Å²) in [5, 5.41) is 27.9. The van der Waals surface area contributed by atoms with Gasteiger partial charge in [-0.3, -0.25) is 0 Å². The van der Waals surface area contributed by atoms with Crippen molar-refractivity contribution in [2.24, 2.45) is 0 Å². The molecule has 0 spiro atoms. The molecule has 2 aromatic heterocycles. The maximum Gasteiger partial charge on any atom is 0.226 e. The number of phenolic OH excluding ortho intramolecular Hbond substituents is 1. The maximum absolute atomic E-state index is 10.8. The molecule has 3 heterocycles. The zero-order valence-electron chi connectivity index (χ0n) is 18.7. The molecule has 31 heavy (non-hydrogen) atoms. The average molecular weight is 444 g/mol. The van der Waals surface area contributed by atoms with Gasteiger partial charge in [-0.05, 0) is 59.6 Å². The minimum absolute atomic E-state index is 0.0303. The normalized spacial score (nSPS) is 18.1. The Morgan fingerprint density at radius 2 is 1.90 bits per heavy atom. The van der Waals surface area contributed by atoms with Crippen molar-refractivity contribution in [3.8, 4) is 33.5 Å². The Kier molecular flexibility index (Phi) is 5.43. The van der Waals surface area contributed by atoms with Crippen molar-refractivity contribution in [3.63, 3.8) is 0 Å². The van der Waals surface area contributed by atoms with Gasteiger partial charge in [-0.1, -0.05) is 11.3 Å². The van der Waals surface area contributed by atoms with Crippen molar-refractivity contribution in [3.05, 3.63) is 24.1 Å². The van der Waals surface area contributed by atoms with Gasteiger partial charge in [-0.15, -0.1) is 10.2 Å². The quantitative estimate of drug-likeness (QED) is 0.525. The highest BCUT2D eigenvalue weighted by Crippen LogP contribution is 2.43. The molecule has 166 valence electrons. The molecule has 1 aromatic carbocycles. The third-order valence-corrected chi connectivity index (χ3v) is 6.20. The molecule has 3 aromatic rings. The van der Waals surface area contributed by atoms with Gasteiger partial charge in [0.2, 0.25) is 11.0 Å². The Hall–Kier alpha value is -2.65. The molecule has 0 amide bonds. The second-order valence-electron chi connectivity index (χ2n) is 9.40. The molecule has 1 saturated heterocycles. The number of ether oxygens (including phenoxy) is 1. The lowest BCUT2D eigenvalue weighted by Crippen LogP contribution is -2.60. The van der Waals surface area contributed by atoms with Crippen LogP contribution in [0.4, 0.5) is 5.13 Å². The number of hydrogen-bond donors (Lipinski definition) is 3. The molecule has 4 rings (SSSR count). The number of piperidine rings is 1. The number of nitrogens with zero attached hydrogens (tertiary/aromatic N) is 3. The van der Waals surface area contributed by atoms with Crippen molar-refractivity contribution in [1.29, 1.82) is 0 Å². The first-order chi connectivity index (χ1) is 14.5. The number of anilines is 1. The zero-order chi connectivity index (χ0) is 22.4. The van der Waals surface area contributed by atoms with E-state index in [9.17, 15) is 5.11 Å². The first kappa shape index (κ1) is 21.6. The Balaban J connectivity index is 1.60. The smallest absolute Gasteiger partial charge is 0.226 e. The zero-order valence-corrected chi connectivity index (χ0v) is 19.6. The number of nitrogens with one attached hydrogen (secondary N) is 2. The minimum Gasteiger partial charge on any atom is -0.507 e. The summed E-state index contributed by atoms with van der Waals surface area (Å²) in [6, 6.07) is 3.67. The molecule has 1 aliphatic heterocycles. The van der Waals surface area contributed by atoms with Crippen LogP contribution in [0.2, 0.25) is 0 Å². The molecule has 0 aliphatic carbocycles. The van der Waals surface area contributed by atoms with Gasteiger partial charge in [0.1, 0.15) is 17.3 Å². The van der Waals surface area contributed by atoms with E-state index in [0.717, 1.165) is 18.0 Å². The van der Waals surface area contributed by atoms with Crippen molar-refractivity contribution in [2.45, 2.75) is 64.6 Å². The highest BCUT2D eigenvalue weighted by atomic mass is 32.1. The number of aromatic nitrogens is 3. The fraction of sp³-hybridized carbons (Fsp3) is 0.500. The van der Waals surface area contributed by atoms with Gasteiger partial charge in [0.25, 0.3) is 0 Å². The number of aromatic hydroxyl groups is 1. The van der Waals surface area contributed by atoms with Crippen molar-refractivity contribution in [1.82, 2.24) is 20.5 Å². The Bertz CT molecular complexity index is 1070. The van der Waals surface area contributed by atoms with Crippen LogP contribution in [0.25, 0.3) is 22.0 Å². The van der Waals surface area contributed by atoms with Crippen molar-refractivity contribution in [2.75, 3.05) is 12.4 Å². The van der Waals surface area contributed by atoms with Gasteiger partial charge in [0.05, 0.1) is 18.9 Å². The third-order valence-electron chi connectivity index (χ3n) is 5.33. The molecule has 1 fully saturated rings. The molecule has 0 atom stereocenters. The maximum atomic E-state index is 10.8. The molecule has 0 unspecified atom stereocenters. The van der Waals surface area contributed by atoms with Crippen LogP contribution in [0.1, 0.15) is 46.3 Å². The number of aryl methyl sites for hydroxylation is 1. The van der Waals surface area contributed by atoms with Crippen LogP contribution in [0.3, 0.4) is 0 Å². The predicted octanol–water partition coefficient (Wildman–Crippen LogP) is 4.60. The summed E-state index contributed by atoms with van der Waals surface area (Å²) in [5.41, 5.74) is 1.20. The van der Waals surface area contributed by atoms with Gasteiger partial charge in [-0.2, -0.15) is 0 Å². The van der Waals surface area contributed by atoms with Crippen LogP contribution in [-0.4, -0.2) is 44.5 Å². The molecular weight excluding hydrogens is 414 g/mol. The van der Waals surface area contributed by atoms with E-state index in [1.807, 2.05) is 6.92 Å². The average Bonchev–Trinajstić information content (AvgIpc) is 3.27.